The lowest BCUT2D eigenvalue weighted by Gasteiger charge is -2.00. The maximum Gasteiger partial charge on any atom is 0.287 e. The van der Waals surface area contributed by atoms with E-state index in [0.29, 0.717) is 5.69 Å². The zero-order valence-electron chi connectivity index (χ0n) is 7.86. The second-order valence-electron chi connectivity index (χ2n) is 2.91. The van der Waals surface area contributed by atoms with E-state index in [4.69, 9.17) is 0 Å². The molecule has 0 aromatic carbocycles. The van der Waals surface area contributed by atoms with Crippen LogP contribution in [0.3, 0.4) is 0 Å². The standard InChI is InChI=1S/C9H7FN4O/c1-5-7(10)9(15)14-8(13-5)6-2-3-11-4-12-6/h2-4H,1H3,(H,13,14,15). The number of hydrogen-bond acceptors (Lipinski definition) is 4. The molecule has 2 heterocycles. The van der Waals surface area contributed by atoms with Crippen LogP contribution in [0.1, 0.15) is 5.69 Å². The van der Waals surface area contributed by atoms with Crippen molar-refractivity contribution in [3.63, 3.8) is 0 Å². The Labute approximate surface area is 84.1 Å². The molecule has 76 valence electrons. The number of nitrogens with one attached hydrogen (secondary N) is 1. The number of halogens is 1. The lowest BCUT2D eigenvalue weighted by molar-refractivity contribution is 0.589. The highest BCUT2D eigenvalue weighted by atomic mass is 19.1. The molecule has 0 radical (unpaired) electrons. The van der Waals surface area contributed by atoms with Gasteiger partial charge in [0.05, 0.1) is 5.69 Å². The molecule has 0 saturated heterocycles. The van der Waals surface area contributed by atoms with Crippen LogP contribution in [0.4, 0.5) is 4.39 Å². The number of aromatic amines is 1. The van der Waals surface area contributed by atoms with Gasteiger partial charge in [-0.3, -0.25) is 4.79 Å². The summed E-state index contributed by atoms with van der Waals surface area (Å²) in [5.74, 6) is -0.630. The Morgan fingerprint density at radius 1 is 1.47 bits per heavy atom. The summed E-state index contributed by atoms with van der Waals surface area (Å²) in [7, 11) is 0. The first-order valence-corrected chi connectivity index (χ1v) is 4.21. The van der Waals surface area contributed by atoms with Gasteiger partial charge in [0.25, 0.3) is 5.56 Å². The number of nitrogens with zero attached hydrogens (tertiary/aromatic N) is 3. The fourth-order valence-corrected chi connectivity index (χ4v) is 1.12. The van der Waals surface area contributed by atoms with Crippen molar-refractivity contribution in [3.8, 4) is 11.5 Å². The van der Waals surface area contributed by atoms with E-state index in [0.717, 1.165) is 0 Å². The van der Waals surface area contributed by atoms with Gasteiger partial charge in [-0.25, -0.2) is 15.0 Å². The Hall–Kier alpha value is -2.11. The number of hydrogen-bond donors (Lipinski definition) is 1. The number of aromatic nitrogens is 4. The largest absolute Gasteiger partial charge is 0.303 e. The lowest BCUT2D eigenvalue weighted by Crippen LogP contribution is -2.15. The molecule has 0 saturated carbocycles. The maximum atomic E-state index is 13.0. The van der Waals surface area contributed by atoms with Crippen LogP contribution in [-0.2, 0) is 0 Å². The van der Waals surface area contributed by atoms with Crippen LogP contribution in [0, 0.1) is 12.7 Å². The fraction of sp³-hybridized carbons (Fsp3) is 0.111. The van der Waals surface area contributed by atoms with Crippen molar-refractivity contribution in [3.05, 3.63) is 40.5 Å². The van der Waals surface area contributed by atoms with Crippen LogP contribution in [0.15, 0.2) is 23.4 Å². The van der Waals surface area contributed by atoms with Crippen LogP contribution in [-0.4, -0.2) is 19.9 Å². The molecular formula is C9H7FN4O. The number of aryl methyl sites for hydroxylation is 1. The molecule has 0 bridgehead atoms. The molecule has 0 fully saturated rings. The molecule has 2 aromatic rings. The third-order valence-corrected chi connectivity index (χ3v) is 1.85. The van der Waals surface area contributed by atoms with Crippen LogP contribution in [0.5, 0.6) is 0 Å². The maximum absolute atomic E-state index is 13.0. The summed E-state index contributed by atoms with van der Waals surface area (Å²) in [6, 6.07) is 1.58. The molecule has 0 spiro atoms. The molecule has 0 aliphatic carbocycles. The first-order valence-electron chi connectivity index (χ1n) is 4.21. The SMILES string of the molecule is Cc1nc(-c2ccncn2)[nH]c(=O)c1F. The van der Waals surface area contributed by atoms with E-state index in [2.05, 4.69) is 19.9 Å². The van der Waals surface area contributed by atoms with E-state index in [1.54, 1.807) is 6.07 Å². The molecule has 5 nitrogen and oxygen atoms in total. The molecular weight excluding hydrogens is 199 g/mol. The average Bonchev–Trinajstić information content (AvgIpc) is 2.26. The quantitative estimate of drug-likeness (QED) is 0.744. The molecule has 6 heteroatoms. The molecule has 15 heavy (non-hydrogen) atoms. The minimum atomic E-state index is -0.868. The Kier molecular flexibility index (Phi) is 2.24. The highest BCUT2D eigenvalue weighted by molar-refractivity contribution is 5.47. The molecule has 0 atom stereocenters. The molecule has 0 aliphatic heterocycles. The summed E-state index contributed by atoms with van der Waals surface area (Å²) in [5.41, 5.74) is -0.298. The predicted molar refractivity (Wildman–Crippen MR) is 50.6 cm³/mol. The minimum absolute atomic E-state index is 0.0485. The molecule has 2 aromatic heterocycles. The van der Waals surface area contributed by atoms with Crippen LogP contribution in [0.2, 0.25) is 0 Å². The second kappa shape index (κ2) is 3.56. The summed E-state index contributed by atoms with van der Waals surface area (Å²) < 4.78 is 13.0. The number of rotatable bonds is 1. The monoisotopic (exact) mass is 206 g/mol. The van der Waals surface area contributed by atoms with E-state index >= 15 is 0 Å². The summed E-state index contributed by atoms with van der Waals surface area (Å²) in [5, 5.41) is 0. The Balaban J connectivity index is 2.61. The van der Waals surface area contributed by atoms with E-state index in [1.807, 2.05) is 0 Å². The van der Waals surface area contributed by atoms with Crippen LogP contribution < -0.4 is 5.56 Å². The van der Waals surface area contributed by atoms with Gasteiger partial charge in [-0.05, 0) is 13.0 Å². The third kappa shape index (κ3) is 1.74. The summed E-state index contributed by atoms with van der Waals surface area (Å²) in [6.45, 7) is 1.43. The van der Waals surface area contributed by atoms with Crippen LogP contribution >= 0.6 is 0 Å². The first-order chi connectivity index (χ1) is 7.18. The lowest BCUT2D eigenvalue weighted by atomic mass is 10.3. The highest BCUT2D eigenvalue weighted by Crippen LogP contribution is 2.08. The van der Waals surface area contributed by atoms with Gasteiger partial charge in [-0.2, -0.15) is 4.39 Å². The molecule has 2 rings (SSSR count). The van der Waals surface area contributed by atoms with Crippen molar-refractivity contribution >= 4 is 0 Å². The zero-order chi connectivity index (χ0) is 10.8. The average molecular weight is 206 g/mol. The van der Waals surface area contributed by atoms with Gasteiger partial charge >= 0.3 is 0 Å². The second-order valence-corrected chi connectivity index (χ2v) is 2.91. The smallest absolute Gasteiger partial charge is 0.287 e. The fourth-order valence-electron chi connectivity index (χ4n) is 1.12. The highest BCUT2D eigenvalue weighted by Gasteiger charge is 2.08. The Bertz CT molecular complexity index is 538. The van der Waals surface area contributed by atoms with E-state index in [9.17, 15) is 9.18 Å². The summed E-state index contributed by atoms with van der Waals surface area (Å²) >= 11 is 0. The predicted octanol–water partition coefficient (Wildman–Crippen LogP) is 0.674. The summed E-state index contributed by atoms with van der Waals surface area (Å²) in [6.07, 6.45) is 2.84. The van der Waals surface area contributed by atoms with E-state index in [-0.39, 0.29) is 11.5 Å². The van der Waals surface area contributed by atoms with Gasteiger partial charge in [-0.15, -0.1) is 0 Å². The first kappa shape index (κ1) is 9.45. The Morgan fingerprint density at radius 3 is 2.87 bits per heavy atom. The van der Waals surface area contributed by atoms with E-state index in [1.165, 1.54) is 19.4 Å². The Morgan fingerprint density at radius 2 is 2.27 bits per heavy atom. The molecule has 1 N–H and O–H groups in total. The zero-order valence-corrected chi connectivity index (χ0v) is 7.86. The van der Waals surface area contributed by atoms with Crippen molar-refractivity contribution in [2.45, 2.75) is 6.92 Å². The summed E-state index contributed by atoms with van der Waals surface area (Å²) in [4.78, 5) is 24.9. The van der Waals surface area contributed by atoms with Gasteiger partial charge < -0.3 is 4.98 Å². The third-order valence-electron chi connectivity index (χ3n) is 1.85. The van der Waals surface area contributed by atoms with Gasteiger partial charge in [0.2, 0.25) is 5.82 Å². The normalized spacial score (nSPS) is 10.3. The molecule has 0 unspecified atom stereocenters. The van der Waals surface area contributed by atoms with Gasteiger partial charge in [0.15, 0.2) is 5.82 Å². The van der Waals surface area contributed by atoms with Crippen molar-refractivity contribution in [2.24, 2.45) is 0 Å². The minimum Gasteiger partial charge on any atom is -0.303 e. The van der Waals surface area contributed by atoms with Gasteiger partial charge in [0.1, 0.15) is 12.0 Å². The van der Waals surface area contributed by atoms with Gasteiger partial charge in [0, 0.05) is 6.20 Å². The van der Waals surface area contributed by atoms with E-state index < -0.39 is 11.4 Å². The topological polar surface area (TPSA) is 71.5 Å². The van der Waals surface area contributed by atoms with Crippen molar-refractivity contribution < 1.29 is 4.39 Å². The van der Waals surface area contributed by atoms with Crippen LogP contribution in [0.25, 0.3) is 11.5 Å². The molecule has 0 amide bonds. The number of H-pyrrole nitrogens is 1. The van der Waals surface area contributed by atoms with Gasteiger partial charge in [-0.1, -0.05) is 0 Å². The molecule has 0 aliphatic rings. The van der Waals surface area contributed by atoms with Crippen molar-refractivity contribution in [1.29, 1.82) is 0 Å². The van der Waals surface area contributed by atoms with Crippen molar-refractivity contribution in [2.75, 3.05) is 0 Å². The van der Waals surface area contributed by atoms with Crippen molar-refractivity contribution in [1.82, 2.24) is 19.9 Å².